The van der Waals surface area contributed by atoms with Crippen LogP contribution in [0.5, 0.6) is 0 Å². The molecule has 1 N–H and O–H groups in total. The highest BCUT2D eigenvalue weighted by Crippen LogP contribution is 2.19. The van der Waals surface area contributed by atoms with Crippen LogP contribution in [-0.2, 0) is 6.42 Å². The van der Waals surface area contributed by atoms with Crippen LogP contribution in [0.3, 0.4) is 0 Å². The minimum Gasteiger partial charge on any atom is -0.369 e. The zero-order valence-electron chi connectivity index (χ0n) is 13.9. The van der Waals surface area contributed by atoms with E-state index in [-0.39, 0.29) is 10.7 Å². The molecule has 0 amide bonds. The number of aromatic amines is 1. The second-order valence-corrected chi connectivity index (χ2v) is 7.41. The highest BCUT2D eigenvalue weighted by molar-refractivity contribution is 7.16. The number of hydrogen-bond acceptors (Lipinski definition) is 4. The summed E-state index contributed by atoms with van der Waals surface area (Å²) < 4.78 is 14.1. The molecule has 6 heteroatoms. The lowest BCUT2D eigenvalue weighted by Gasteiger charge is -2.36. The molecule has 2 aromatic carbocycles. The van der Waals surface area contributed by atoms with Crippen molar-refractivity contribution in [2.45, 2.75) is 6.42 Å². The number of nitrogens with one attached hydrogen (secondary N) is 1. The number of benzene rings is 2. The number of thiazole rings is 1. The maximum absolute atomic E-state index is 13.0. The van der Waals surface area contributed by atoms with E-state index in [2.05, 4.69) is 26.9 Å². The standard InChI is InChI=1S/C19H20FN3OS/c20-15-2-4-16(5-3-15)23-11-9-22(10-12-23)8-7-14-1-6-17-18(13-14)25-19(24)21-17/h1-6,13H,7-12H2,(H,21,24). The number of halogens is 1. The van der Waals surface area contributed by atoms with Crippen LogP contribution in [0.15, 0.2) is 47.3 Å². The van der Waals surface area contributed by atoms with Gasteiger partial charge in [0.2, 0.25) is 0 Å². The molecule has 0 spiro atoms. The molecule has 1 aliphatic heterocycles. The molecule has 3 aromatic rings. The summed E-state index contributed by atoms with van der Waals surface area (Å²) in [6.07, 6.45) is 0.985. The molecule has 130 valence electrons. The lowest BCUT2D eigenvalue weighted by atomic mass is 10.1. The van der Waals surface area contributed by atoms with E-state index >= 15 is 0 Å². The van der Waals surface area contributed by atoms with Crippen molar-refractivity contribution in [2.75, 3.05) is 37.6 Å². The first-order valence-corrected chi connectivity index (χ1v) is 9.34. The molecule has 0 atom stereocenters. The van der Waals surface area contributed by atoms with Gasteiger partial charge in [-0.1, -0.05) is 17.4 Å². The van der Waals surface area contributed by atoms with Gasteiger partial charge in [-0.25, -0.2) is 4.39 Å². The highest BCUT2D eigenvalue weighted by atomic mass is 32.1. The Morgan fingerprint density at radius 2 is 1.80 bits per heavy atom. The summed E-state index contributed by atoms with van der Waals surface area (Å²) in [5, 5.41) is 0. The Balaban J connectivity index is 1.32. The van der Waals surface area contributed by atoms with Crippen molar-refractivity contribution in [3.63, 3.8) is 0 Å². The van der Waals surface area contributed by atoms with Gasteiger partial charge < -0.3 is 9.88 Å². The minimum absolute atomic E-state index is 0.00376. The van der Waals surface area contributed by atoms with Crippen LogP contribution < -0.4 is 9.77 Å². The summed E-state index contributed by atoms with van der Waals surface area (Å²) in [5.74, 6) is -0.188. The largest absolute Gasteiger partial charge is 0.369 e. The van der Waals surface area contributed by atoms with Crippen molar-refractivity contribution in [3.8, 4) is 0 Å². The van der Waals surface area contributed by atoms with E-state index in [1.165, 1.54) is 29.0 Å². The molecule has 0 unspecified atom stereocenters. The van der Waals surface area contributed by atoms with Crippen molar-refractivity contribution in [1.82, 2.24) is 9.88 Å². The Morgan fingerprint density at radius 1 is 1.04 bits per heavy atom. The van der Waals surface area contributed by atoms with Crippen LogP contribution in [0.25, 0.3) is 10.2 Å². The Morgan fingerprint density at radius 3 is 2.56 bits per heavy atom. The quantitative estimate of drug-likeness (QED) is 0.780. The number of rotatable bonds is 4. The topological polar surface area (TPSA) is 39.3 Å². The number of H-pyrrole nitrogens is 1. The molecule has 1 aromatic heterocycles. The minimum atomic E-state index is -0.188. The summed E-state index contributed by atoms with van der Waals surface area (Å²) in [6, 6.07) is 13.0. The molecule has 2 heterocycles. The average Bonchev–Trinajstić information content (AvgIpc) is 3.00. The number of fused-ring (bicyclic) bond motifs is 1. The molecule has 0 saturated carbocycles. The van der Waals surface area contributed by atoms with Gasteiger partial charge in [0.1, 0.15) is 5.82 Å². The number of hydrogen-bond donors (Lipinski definition) is 1. The Hall–Kier alpha value is -2.18. The van der Waals surface area contributed by atoms with E-state index < -0.39 is 0 Å². The van der Waals surface area contributed by atoms with Crippen molar-refractivity contribution >= 4 is 27.2 Å². The fourth-order valence-electron chi connectivity index (χ4n) is 3.31. The van der Waals surface area contributed by atoms with E-state index in [0.717, 1.165) is 55.0 Å². The van der Waals surface area contributed by atoms with Crippen molar-refractivity contribution in [3.05, 3.63) is 63.5 Å². The van der Waals surface area contributed by atoms with Gasteiger partial charge in [-0.2, -0.15) is 0 Å². The van der Waals surface area contributed by atoms with Gasteiger partial charge in [0.15, 0.2) is 0 Å². The fourth-order valence-corrected chi connectivity index (χ4v) is 4.11. The molecule has 0 bridgehead atoms. The summed E-state index contributed by atoms with van der Waals surface area (Å²) in [6.45, 7) is 4.96. The molecule has 1 saturated heterocycles. The van der Waals surface area contributed by atoms with Crippen LogP contribution in [0.2, 0.25) is 0 Å². The number of nitrogens with zero attached hydrogens (tertiary/aromatic N) is 2. The van der Waals surface area contributed by atoms with Crippen molar-refractivity contribution in [2.24, 2.45) is 0 Å². The summed E-state index contributed by atoms with van der Waals surface area (Å²) in [5.41, 5.74) is 3.28. The average molecular weight is 357 g/mol. The van der Waals surface area contributed by atoms with Gasteiger partial charge >= 0.3 is 4.87 Å². The Labute approximate surface area is 149 Å². The highest BCUT2D eigenvalue weighted by Gasteiger charge is 2.17. The third-order valence-corrected chi connectivity index (χ3v) is 5.61. The maximum atomic E-state index is 13.0. The van der Waals surface area contributed by atoms with Crippen molar-refractivity contribution < 1.29 is 4.39 Å². The lowest BCUT2D eigenvalue weighted by Crippen LogP contribution is -2.47. The summed E-state index contributed by atoms with van der Waals surface area (Å²) >= 11 is 1.27. The predicted molar refractivity (Wildman–Crippen MR) is 101 cm³/mol. The molecule has 4 rings (SSSR count). The van der Waals surface area contributed by atoms with Crippen LogP contribution in [0, 0.1) is 5.82 Å². The van der Waals surface area contributed by atoms with E-state index in [1.807, 2.05) is 18.2 Å². The predicted octanol–water partition coefficient (Wildman–Crippen LogP) is 3.09. The smallest absolute Gasteiger partial charge is 0.305 e. The van der Waals surface area contributed by atoms with Crippen LogP contribution in [0.1, 0.15) is 5.56 Å². The molecule has 4 nitrogen and oxygen atoms in total. The normalized spacial score (nSPS) is 15.8. The maximum Gasteiger partial charge on any atom is 0.305 e. The zero-order valence-corrected chi connectivity index (χ0v) is 14.7. The molecule has 0 radical (unpaired) electrons. The van der Waals surface area contributed by atoms with E-state index in [9.17, 15) is 9.18 Å². The fraction of sp³-hybridized carbons (Fsp3) is 0.316. The third kappa shape index (κ3) is 3.75. The Bertz CT molecular complexity index is 910. The summed E-state index contributed by atoms with van der Waals surface area (Å²) in [4.78, 5) is 19.0. The van der Waals surface area contributed by atoms with Crippen LogP contribution in [0.4, 0.5) is 10.1 Å². The van der Waals surface area contributed by atoms with Gasteiger partial charge in [-0.3, -0.25) is 9.69 Å². The van der Waals surface area contributed by atoms with Crippen molar-refractivity contribution in [1.29, 1.82) is 0 Å². The molecular weight excluding hydrogens is 337 g/mol. The second-order valence-electron chi connectivity index (χ2n) is 6.40. The van der Waals surface area contributed by atoms with Gasteiger partial charge in [-0.05, 0) is 48.4 Å². The van der Waals surface area contributed by atoms with E-state index in [4.69, 9.17) is 0 Å². The van der Waals surface area contributed by atoms with Crippen LogP contribution in [-0.4, -0.2) is 42.6 Å². The first-order valence-electron chi connectivity index (χ1n) is 8.52. The zero-order chi connectivity index (χ0) is 17.2. The van der Waals surface area contributed by atoms with Gasteiger partial charge in [0.25, 0.3) is 0 Å². The first kappa shape index (κ1) is 16.3. The first-order chi connectivity index (χ1) is 12.2. The van der Waals surface area contributed by atoms with Crippen LogP contribution >= 0.6 is 11.3 Å². The SMILES string of the molecule is O=c1[nH]c2ccc(CCN3CCN(c4ccc(F)cc4)CC3)cc2s1. The van der Waals surface area contributed by atoms with E-state index in [1.54, 1.807) is 0 Å². The van der Waals surface area contributed by atoms with Gasteiger partial charge in [0.05, 0.1) is 10.2 Å². The third-order valence-electron chi connectivity index (χ3n) is 4.77. The molecule has 25 heavy (non-hydrogen) atoms. The number of anilines is 1. The lowest BCUT2D eigenvalue weighted by molar-refractivity contribution is 0.261. The molecular formula is C19H20FN3OS. The molecule has 1 aliphatic rings. The van der Waals surface area contributed by atoms with Gasteiger partial charge in [0, 0.05) is 38.4 Å². The molecule has 1 fully saturated rings. The molecule has 0 aliphatic carbocycles. The van der Waals surface area contributed by atoms with E-state index in [0.29, 0.717) is 0 Å². The van der Waals surface area contributed by atoms with Gasteiger partial charge in [-0.15, -0.1) is 0 Å². The monoisotopic (exact) mass is 357 g/mol. The number of aromatic nitrogens is 1. The second kappa shape index (κ2) is 6.98. The number of piperazine rings is 1. The Kier molecular flexibility index (Phi) is 4.55. The summed E-state index contributed by atoms with van der Waals surface area (Å²) in [7, 11) is 0.